The summed E-state index contributed by atoms with van der Waals surface area (Å²) in [7, 11) is 0. The molecule has 25 heavy (non-hydrogen) atoms. The molecule has 0 aromatic heterocycles. The first kappa shape index (κ1) is 16.2. The van der Waals surface area contributed by atoms with Gasteiger partial charge in [0.2, 0.25) is 0 Å². The number of benzene rings is 2. The number of fused-ring (bicyclic) bond motifs is 1. The number of amides is 1. The molecular weight excluding hydrogens is 312 g/mol. The smallest absolute Gasteiger partial charge is 0.255 e. The third kappa shape index (κ3) is 3.40. The highest BCUT2D eigenvalue weighted by atomic mass is 16.5. The monoisotopic (exact) mass is 336 g/mol. The minimum Gasteiger partial charge on any atom is -0.490 e. The summed E-state index contributed by atoms with van der Waals surface area (Å²) >= 11 is 0. The average molecular weight is 336 g/mol. The second-order valence-electron chi connectivity index (χ2n) is 7.28. The summed E-state index contributed by atoms with van der Waals surface area (Å²) in [5.74, 6) is 0.680. The molecule has 0 aliphatic carbocycles. The Labute approximate surface area is 148 Å². The predicted octanol–water partition coefficient (Wildman–Crippen LogP) is 3.15. The van der Waals surface area contributed by atoms with Crippen molar-refractivity contribution < 1.29 is 9.53 Å². The van der Waals surface area contributed by atoms with Crippen LogP contribution < -0.4 is 10.1 Å². The molecule has 0 bridgehead atoms. The predicted molar refractivity (Wildman–Crippen MR) is 97.8 cm³/mol. The van der Waals surface area contributed by atoms with E-state index < -0.39 is 0 Å². The first-order valence-electron chi connectivity index (χ1n) is 8.96. The number of para-hydroxylation sites is 1. The Morgan fingerprint density at radius 3 is 2.56 bits per heavy atom. The standard InChI is InChI=1S/C21H24N2O2/c1-16-6-8-17(9-7-16)14-23-12-10-21(11-13-23)15-25-19-5-3-2-4-18(19)20(24)22-21/h2-9H,10-15H2,1H3,(H,22,24). The summed E-state index contributed by atoms with van der Waals surface area (Å²) in [5.41, 5.74) is 3.02. The van der Waals surface area contributed by atoms with Crippen LogP contribution in [0.15, 0.2) is 48.5 Å². The van der Waals surface area contributed by atoms with Crippen LogP contribution in [-0.2, 0) is 6.54 Å². The van der Waals surface area contributed by atoms with Gasteiger partial charge in [0.15, 0.2) is 0 Å². The molecule has 1 saturated heterocycles. The van der Waals surface area contributed by atoms with E-state index in [1.54, 1.807) is 0 Å². The van der Waals surface area contributed by atoms with Crippen LogP contribution in [0.4, 0.5) is 0 Å². The van der Waals surface area contributed by atoms with E-state index in [1.165, 1.54) is 11.1 Å². The van der Waals surface area contributed by atoms with Crippen molar-refractivity contribution in [1.29, 1.82) is 0 Å². The zero-order valence-corrected chi connectivity index (χ0v) is 14.6. The van der Waals surface area contributed by atoms with Crippen molar-refractivity contribution in [3.05, 3.63) is 65.2 Å². The highest BCUT2D eigenvalue weighted by Crippen LogP contribution is 2.30. The molecule has 4 nitrogen and oxygen atoms in total. The Kier molecular flexibility index (Phi) is 4.22. The zero-order valence-electron chi connectivity index (χ0n) is 14.6. The quantitative estimate of drug-likeness (QED) is 0.916. The Bertz CT molecular complexity index is 762. The third-order valence-electron chi connectivity index (χ3n) is 5.35. The number of ether oxygens (including phenoxy) is 1. The number of hydrogen-bond acceptors (Lipinski definition) is 3. The lowest BCUT2D eigenvalue weighted by atomic mass is 9.88. The topological polar surface area (TPSA) is 41.6 Å². The molecule has 0 saturated carbocycles. The molecule has 1 amide bonds. The summed E-state index contributed by atoms with van der Waals surface area (Å²) in [6, 6.07) is 16.2. The number of hydrogen-bond donors (Lipinski definition) is 1. The molecule has 1 fully saturated rings. The minimum atomic E-state index is -0.250. The zero-order chi connectivity index (χ0) is 17.3. The summed E-state index contributed by atoms with van der Waals surface area (Å²) in [5, 5.41) is 3.25. The van der Waals surface area contributed by atoms with Crippen LogP contribution in [0.25, 0.3) is 0 Å². The van der Waals surface area contributed by atoms with Crippen molar-refractivity contribution >= 4 is 5.91 Å². The first-order chi connectivity index (χ1) is 12.1. The molecular formula is C21H24N2O2. The van der Waals surface area contributed by atoms with Gasteiger partial charge in [0.1, 0.15) is 12.4 Å². The van der Waals surface area contributed by atoms with Crippen molar-refractivity contribution in [2.75, 3.05) is 19.7 Å². The van der Waals surface area contributed by atoms with Crippen LogP contribution in [-0.4, -0.2) is 36.0 Å². The van der Waals surface area contributed by atoms with Crippen LogP contribution in [0.1, 0.15) is 34.3 Å². The average Bonchev–Trinajstić information content (AvgIpc) is 2.77. The van der Waals surface area contributed by atoms with E-state index in [0.29, 0.717) is 17.9 Å². The van der Waals surface area contributed by atoms with Gasteiger partial charge in [-0.2, -0.15) is 0 Å². The molecule has 1 spiro atoms. The molecule has 0 unspecified atom stereocenters. The van der Waals surface area contributed by atoms with E-state index in [-0.39, 0.29) is 11.4 Å². The van der Waals surface area contributed by atoms with Crippen molar-refractivity contribution in [2.45, 2.75) is 31.8 Å². The van der Waals surface area contributed by atoms with Gasteiger partial charge < -0.3 is 10.1 Å². The molecule has 2 heterocycles. The van der Waals surface area contributed by atoms with E-state index in [1.807, 2.05) is 24.3 Å². The van der Waals surface area contributed by atoms with Gasteiger partial charge in [0, 0.05) is 19.6 Å². The number of carbonyl (C=O) groups is 1. The van der Waals surface area contributed by atoms with E-state index in [0.717, 1.165) is 32.5 Å². The molecule has 0 radical (unpaired) electrons. The minimum absolute atomic E-state index is 0.0138. The molecule has 0 atom stereocenters. The molecule has 2 aliphatic heterocycles. The maximum atomic E-state index is 12.6. The van der Waals surface area contributed by atoms with Gasteiger partial charge in [-0.3, -0.25) is 9.69 Å². The summed E-state index contributed by atoms with van der Waals surface area (Å²) in [6.45, 7) is 5.56. The van der Waals surface area contributed by atoms with Crippen molar-refractivity contribution in [3.8, 4) is 5.75 Å². The molecule has 2 aromatic carbocycles. The normalized spacial score (nSPS) is 19.6. The van der Waals surface area contributed by atoms with Crippen LogP contribution in [0.2, 0.25) is 0 Å². The number of nitrogens with zero attached hydrogens (tertiary/aromatic N) is 1. The fraction of sp³-hybridized carbons (Fsp3) is 0.381. The fourth-order valence-corrected chi connectivity index (χ4v) is 3.70. The van der Waals surface area contributed by atoms with Gasteiger partial charge in [0.05, 0.1) is 11.1 Å². The lowest BCUT2D eigenvalue weighted by Crippen LogP contribution is -2.57. The molecule has 2 aliphatic rings. The van der Waals surface area contributed by atoms with Crippen LogP contribution in [0, 0.1) is 6.92 Å². The Morgan fingerprint density at radius 1 is 1.08 bits per heavy atom. The molecule has 4 rings (SSSR count). The van der Waals surface area contributed by atoms with E-state index >= 15 is 0 Å². The second-order valence-corrected chi connectivity index (χ2v) is 7.28. The number of rotatable bonds is 2. The first-order valence-corrected chi connectivity index (χ1v) is 8.96. The number of piperidine rings is 1. The number of aryl methyl sites for hydroxylation is 1. The van der Waals surface area contributed by atoms with Gasteiger partial charge in [-0.1, -0.05) is 42.0 Å². The van der Waals surface area contributed by atoms with Crippen molar-refractivity contribution in [3.63, 3.8) is 0 Å². The number of nitrogens with one attached hydrogen (secondary N) is 1. The lowest BCUT2D eigenvalue weighted by Gasteiger charge is -2.41. The van der Waals surface area contributed by atoms with Crippen LogP contribution in [0.3, 0.4) is 0 Å². The van der Waals surface area contributed by atoms with Gasteiger partial charge in [0.25, 0.3) is 5.91 Å². The van der Waals surface area contributed by atoms with Crippen LogP contribution >= 0.6 is 0 Å². The number of carbonyl (C=O) groups excluding carboxylic acids is 1. The van der Waals surface area contributed by atoms with Gasteiger partial charge in [-0.05, 0) is 37.5 Å². The Morgan fingerprint density at radius 2 is 1.80 bits per heavy atom. The summed E-state index contributed by atoms with van der Waals surface area (Å²) in [4.78, 5) is 15.0. The second kappa shape index (κ2) is 6.52. The Balaban J connectivity index is 1.41. The number of likely N-dealkylation sites (tertiary alicyclic amines) is 1. The van der Waals surface area contributed by atoms with E-state index in [9.17, 15) is 4.79 Å². The van der Waals surface area contributed by atoms with E-state index in [4.69, 9.17) is 4.74 Å². The van der Waals surface area contributed by atoms with Gasteiger partial charge in [-0.15, -0.1) is 0 Å². The maximum Gasteiger partial charge on any atom is 0.255 e. The molecule has 1 N–H and O–H groups in total. The highest BCUT2D eigenvalue weighted by Gasteiger charge is 2.39. The summed E-state index contributed by atoms with van der Waals surface area (Å²) < 4.78 is 5.98. The van der Waals surface area contributed by atoms with Gasteiger partial charge >= 0.3 is 0 Å². The van der Waals surface area contributed by atoms with Crippen molar-refractivity contribution in [1.82, 2.24) is 10.2 Å². The fourth-order valence-electron chi connectivity index (χ4n) is 3.70. The van der Waals surface area contributed by atoms with Gasteiger partial charge in [-0.25, -0.2) is 0 Å². The maximum absolute atomic E-state index is 12.6. The molecule has 130 valence electrons. The SMILES string of the molecule is Cc1ccc(CN2CCC3(CC2)COc2ccccc2C(=O)N3)cc1. The third-order valence-corrected chi connectivity index (χ3v) is 5.35. The summed E-state index contributed by atoms with van der Waals surface area (Å²) in [6.07, 6.45) is 1.83. The largest absolute Gasteiger partial charge is 0.490 e. The molecule has 2 aromatic rings. The van der Waals surface area contributed by atoms with E-state index in [2.05, 4.69) is 41.4 Å². The Hall–Kier alpha value is -2.33. The highest BCUT2D eigenvalue weighted by molar-refractivity contribution is 5.97. The van der Waals surface area contributed by atoms with Crippen molar-refractivity contribution in [2.24, 2.45) is 0 Å². The lowest BCUT2D eigenvalue weighted by molar-refractivity contribution is 0.0709. The molecule has 4 heteroatoms. The van der Waals surface area contributed by atoms with Crippen LogP contribution in [0.5, 0.6) is 5.75 Å².